The molecule has 1 aliphatic rings. The van der Waals surface area contributed by atoms with Crippen molar-refractivity contribution in [2.75, 3.05) is 19.8 Å². The van der Waals surface area contributed by atoms with Crippen LogP contribution in [0.3, 0.4) is 0 Å². The average molecular weight is 228 g/mol. The van der Waals surface area contributed by atoms with Crippen LogP contribution in [-0.4, -0.2) is 35.6 Å². The fourth-order valence-electron chi connectivity index (χ4n) is 0.974. The molecule has 0 radical (unpaired) electrons. The minimum atomic E-state index is -0.903. The van der Waals surface area contributed by atoms with Crippen molar-refractivity contribution in [1.29, 1.82) is 0 Å². The highest BCUT2D eigenvalue weighted by Gasteiger charge is 2.34. The van der Waals surface area contributed by atoms with Crippen molar-refractivity contribution >= 4 is 12.6 Å². The van der Waals surface area contributed by atoms with Crippen LogP contribution in [-0.2, 0) is 4.74 Å². The van der Waals surface area contributed by atoms with E-state index in [-0.39, 0.29) is 19.8 Å². The van der Waals surface area contributed by atoms with Crippen molar-refractivity contribution in [2.45, 2.75) is 17.4 Å². The van der Waals surface area contributed by atoms with Crippen molar-refractivity contribution in [1.82, 2.24) is 0 Å². The average Bonchev–Trinajstić information content (AvgIpc) is 2.20. The van der Waals surface area contributed by atoms with Gasteiger partial charge in [0, 0.05) is 4.90 Å². The van der Waals surface area contributed by atoms with Crippen LogP contribution in [0.4, 0.5) is 0 Å². The Bertz CT molecular complexity index is 267. The fraction of sp³-hybridized carbons (Fsp3) is 0.455. The SMILES string of the molecule is Cc1ccc(S)cc1.OCC1(O)COC1. The molecule has 4 heteroatoms. The van der Waals surface area contributed by atoms with E-state index in [1.165, 1.54) is 5.56 Å². The maximum atomic E-state index is 8.84. The third-order valence-electron chi connectivity index (χ3n) is 2.07. The lowest BCUT2D eigenvalue weighted by Crippen LogP contribution is -2.52. The molecule has 0 amide bonds. The highest BCUT2D eigenvalue weighted by atomic mass is 32.1. The summed E-state index contributed by atoms with van der Waals surface area (Å²) in [6.07, 6.45) is 0. The van der Waals surface area contributed by atoms with Gasteiger partial charge in [-0.2, -0.15) is 0 Å². The number of aliphatic hydroxyl groups excluding tert-OH is 1. The Kier molecular flexibility index (Phi) is 4.60. The van der Waals surface area contributed by atoms with E-state index in [2.05, 4.69) is 24.3 Å². The zero-order valence-electron chi connectivity index (χ0n) is 8.68. The molecule has 0 unspecified atom stereocenters. The lowest BCUT2D eigenvalue weighted by atomic mass is 10.1. The molecule has 0 bridgehead atoms. The topological polar surface area (TPSA) is 49.7 Å². The van der Waals surface area contributed by atoms with E-state index in [9.17, 15) is 0 Å². The van der Waals surface area contributed by atoms with Gasteiger partial charge >= 0.3 is 0 Å². The Morgan fingerprint density at radius 3 is 2.07 bits per heavy atom. The summed E-state index contributed by atoms with van der Waals surface area (Å²) in [5.41, 5.74) is 0.378. The first kappa shape index (κ1) is 12.5. The predicted molar refractivity (Wildman–Crippen MR) is 61.3 cm³/mol. The normalized spacial score (nSPS) is 17.3. The minimum absolute atomic E-state index is 0.188. The molecule has 3 nitrogen and oxygen atoms in total. The molecule has 0 aromatic heterocycles. The molecule has 1 saturated heterocycles. The summed E-state index contributed by atoms with van der Waals surface area (Å²) in [6.45, 7) is 2.44. The second-order valence-electron chi connectivity index (χ2n) is 3.71. The second kappa shape index (κ2) is 5.51. The van der Waals surface area contributed by atoms with Crippen LogP contribution in [0.5, 0.6) is 0 Å². The molecule has 2 N–H and O–H groups in total. The van der Waals surface area contributed by atoms with Crippen LogP contribution in [0.15, 0.2) is 29.2 Å². The molecule has 0 atom stereocenters. The standard InChI is InChI=1S/C7H8S.C4H8O3/c1-6-2-4-7(8)5-3-6;5-1-4(6)2-7-3-4/h2-5,8H,1H3;5-6H,1-3H2. The minimum Gasteiger partial charge on any atom is -0.393 e. The number of aryl methyl sites for hydroxylation is 1. The molecule has 1 fully saturated rings. The van der Waals surface area contributed by atoms with Gasteiger partial charge in [0.15, 0.2) is 0 Å². The number of benzene rings is 1. The van der Waals surface area contributed by atoms with Crippen LogP contribution in [0.25, 0.3) is 0 Å². The van der Waals surface area contributed by atoms with E-state index < -0.39 is 5.60 Å². The summed E-state index contributed by atoms with van der Waals surface area (Å²) < 4.78 is 4.62. The van der Waals surface area contributed by atoms with Gasteiger partial charge in [-0.15, -0.1) is 12.6 Å². The first-order chi connectivity index (χ1) is 7.06. The Balaban J connectivity index is 0.000000151. The zero-order valence-corrected chi connectivity index (χ0v) is 9.58. The van der Waals surface area contributed by atoms with Gasteiger partial charge in [0.2, 0.25) is 0 Å². The lowest BCUT2D eigenvalue weighted by molar-refractivity contribution is -0.196. The van der Waals surface area contributed by atoms with Gasteiger partial charge in [0.25, 0.3) is 0 Å². The predicted octanol–water partition coefficient (Wildman–Crippen LogP) is 1.02. The summed E-state index contributed by atoms with van der Waals surface area (Å²) in [5.74, 6) is 0. The van der Waals surface area contributed by atoms with Crippen molar-refractivity contribution in [3.63, 3.8) is 0 Å². The molecule has 84 valence electrons. The molecule has 1 aromatic carbocycles. The van der Waals surface area contributed by atoms with E-state index in [0.717, 1.165) is 4.90 Å². The van der Waals surface area contributed by atoms with Gasteiger partial charge in [-0.3, -0.25) is 0 Å². The maximum Gasteiger partial charge on any atom is 0.134 e. The van der Waals surface area contributed by atoms with Gasteiger partial charge in [-0.1, -0.05) is 17.7 Å². The Morgan fingerprint density at radius 1 is 1.33 bits per heavy atom. The molecule has 0 spiro atoms. The quantitative estimate of drug-likeness (QED) is 0.629. The first-order valence-electron chi connectivity index (χ1n) is 4.72. The number of thiol groups is 1. The maximum absolute atomic E-state index is 8.84. The van der Waals surface area contributed by atoms with E-state index >= 15 is 0 Å². The van der Waals surface area contributed by atoms with Crippen molar-refractivity contribution in [3.8, 4) is 0 Å². The first-order valence-corrected chi connectivity index (χ1v) is 5.17. The second-order valence-corrected chi connectivity index (χ2v) is 4.23. The van der Waals surface area contributed by atoms with Crippen LogP contribution in [0, 0.1) is 6.92 Å². The van der Waals surface area contributed by atoms with Gasteiger partial charge in [-0.05, 0) is 19.1 Å². The lowest BCUT2D eigenvalue weighted by Gasteiger charge is -2.34. The number of hydrogen-bond donors (Lipinski definition) is 3. The van der Waals surface area contributed by atoms with Gasteiger partial charge in [0.05, 0.1) is 19.8 Å². The largest absolute Gasteiger partial charge is 0.393 e. The van der Waals surface area contributed by atoms with Gasteiger partial charge < -0.3 is 14.9 Å². The highest BCUT2D eigenvalue weighted by Crippen LogP contribution is 2.13. The van der Waals surface area contributed by atoms with Crippen molar-refractivity contribution in [3.05, 3.63) is 29.8 Å². The number of aliphatic hydroxyl groups is 2. The highest BCUT2D eigenvalue weighted by molar-refractivity contribution is 7.80. The van der Waals surface area contributed by atoms with E-state index in [1.807, 2.05) is 24.3 Å². The van der Waals surface area contributed by atoms with Gasteiger partial charge in [0.1, 0.15) is 5.60 Å². The molecule has 2 rings (SSSR count). The van der Waals surface area contributed by atoms with E-state index in [1.54, 1.807) is 0 Å². The Labute approximate surface area is 95.1 Å². The summed E-state index contributed by atoms with van der Waals surface area (Å²) in [4.78, 5) is 1.02. The van der Waals surface area contributed by atoms with Crippen molar-refractivity contribution < 1.29 is 14.9 Å². The third-order valence-corrected chi connectivity index (χ3v) is 2.37. The summed E-state index contributed by atoms with van der Waals surface area (Å²) in [7, 11) is 0. The van der Waals surface area contributed by atoms with Crippen LogP contribution in [0.2, 0.25) is 0 Å². The Morgan fingerprint density at radius 2 is 1.87 bits per heavy atom. The number of rotatable bonds is 1. The van der Waals surface area contributed by atoms with Crippen LogP contribution in [0.1, 0.15) is 5.56 Å². The monoisotopic (exact) mass is 228 g/mol. The Hall–Kier alpha value is -0.550. The molecule has 15 heavy (non-hydrogen) atoms. The molecular formula is C11H16O3S. The summed E-state index contributed by atoms with van der Waals surface area (Å²) >= 11 is 4.13. The molecule has 0 aliphatic carbocycles. The molecule has 1 aliphatic heterocycles. The molecule has 1 heterocycles. The van der Waals surface area contributed by atoms with Gasteiger partial charge in [-0.25, -0.2) is 0 Å². The zero-order chi connectivity index (χ0) is 11.3. The third kappa shape index (κ3) is 4.22. The van der Waals surface area contributed by atoms with Crippen LogP contribution >= 0.6 is 12.6 Å². The molecular weight excluding hydrogens is 212 g/mol. The van der Waals surface area contributed by atoms with Crippen LogP contribution < -0.4 is 0 Å². The summed E-state index contributed by atoms with van der Waals surface area (Å²) in [6, 6.07) is 8.06. The summed E-state index contributed by atoms with van der Waals surface area (Å²) in [5, 5.41) is 17.2. The molecule has 1 aromatic rings. The van der Waals surface area contributed by atoms with Crippen molar-refractivity contribution in [2.24, 2.45) is 0 Å². The van der Waals surface area contributed by atoms with E-state index in [4.69, 9.17) is 10.2 Å². The number of hydrogen-bond acceptors (Lipinski definition) is 4. The fourth-order valence-corrected chi connectivity index (χ4v) is 1.12. The van der Waals surface area contributed by atoms with E-state index in [0.29, 0.717) is 0 Å². The number of ether oxygens (including phenoxy) is 1. The molecule has 0 saturated carbocycles. The smallest absolute Gasteiger partial charge is 0.134 e.